The summed E-state index contributed by atoms with van der Waals surface area (Å²) in [6, 6.07) is 7.71. The molecule has 0 fully saturated rings. The lowest BCUT2D eigenvalue weighted by Gasteiger charge is -2.15. The number of nitrogens with one attached hydrogen (secondary N) is 1. The van der Waals surface area contributed by atoms with Crippen LogP contribution in [0.3, 0.4) is 0 Å². The fourth-order valence-electron chi connectivity index (χ4n) is 1.69. The minimum Gasteiger partial charge on any atom is -0.375 e. The molecule has 0 spiro atoms. The number of halogens is 2. The van der Waals surface area contributed by atoms with Crippen molar-refractivity contribution in [1.82, 2.24) is 4.98 Å². The minimum absolute atomic E-state index is 0.192. The van der Waals surface area contributed by atoms with Crippen LogP contribution >= 0.6 is 0 Å². The van der Waals surface area contributed by atoms with Crippen molar-refractivity contribution in [2.75, 3.05) is 5.32 Å². The number of nitrogens with zero attached hydrogens (tertiary/aromatic N) is 1. The fraction of sp³-hybridized carbons (Fsp3) is 0.214. The molecule has 0 aliphatic carbocycles. The van der Waals surface area contributed by atoms with Crippen LogP contribution < -0.4 is 5.32 Å². The predicted molar refractivity (Wildman–Crippen MR) is 67.4 cm³/mol. The molecule has 0 aliphatic rings. The Morgan fingerprint density at radius 2 is 1.94 bits per heavy atom. The van der Waals surface area contributed by atoms with E-state index in [-0.39, 0.29) is 17.7 Å². The molecule has 0 saturated carbocycles. The largest absolute Gasteiger partial charge is 0.375 e. The summed E-state index contributed by atoms with van der Waals surface area (Å²) in [5.74, 6) is -0.684. The Labute approximate surface area is 105 Å². The maximum atomic E-state index is 13.6. The van der Waals surface area contributed by atoms with Gasteiger partial charge >= 0.3 is 0 Å². The lowest BCUT2D eigenvalue weighted by molar-refractivity contribution is 0.615. The molecule has 0 radical (unpaired) electrons. The summed E-state index contributed by atoms with van der Waals surface area (Å²) in [6.07, 6.45) is 1.15. The molecule has 1 aromatic heterocycles. The smallest absolute Gasteiger partial charge is 0.146 e. The summed E-state index contributed by atoms with van der Waals surface area (Å²) in [6.45, 7) is 3.68. The van der Waals surface area contributed by atoms with Crippen LogP contribution in [0.5, 0.6) is 0 Å². The Bertz CT molecular complexity index is 538. The summed E-state index contributed by atoms with van der Waals surface area (Å²) in [5.41, 5.74) is 1.95. The third-order valence-electron chi connectivity index (χ3n) is 2.69. The average molecular weight is 248 g/mol. The minimum atomic E-state index is -0.382. The first kappa shape index (κ1) is 12.5. The van der Waals surface area contributed by atoms with E-state index >= 15 is 0 Å². The van der Waals surface area contributed by atoms with Gasteiger partial charge in [-0.15, -0.1) is 0 Å². The molecule has 94 valence electrons. The van der Waals surface area contributed by atoms with Gasteiger partial charge in [-0.2, -0.15) is 0 Å². The molecule has 2 aromatic rings. The molecule has 1 aromatic carbocycles. The molecule has 0 saturated heterocycles. The summed E-state index contributed by atoms with van der Waals surface area (Å²) in [4.78, 5) is 3.96. The van der Waals surface area contributed by atoms with E-state index in [1.807, 2.05) is 19.9 Å². The van der Waals surface area contributed by atoms with Crippen molar-refractivity contribution in [3.8, 4) is 0 Å². The maximum absolute atomic E-state index is 13.6. The average Bonchev–Trinajstić information content (AvgIpc) is 2.33. The molecule has 1 heterocycles. The molecule has 0 aliphatic heterocycles. The van der Waals surface area contributed by atoms with Gasteiger partial charge in [0.05, 0.1) is 23.6 Å². The third-order valence-corrected chi connectivity index (χ3v) is 2.69. The van der Waals surface area contributed by atoms with Crippen molar-refractivity contribution in [1.29, 1.82) is 0 Å². The third kappa shape index (κ3) is 2.83. The molecule has 1 atom stereocenters. The van der Waals surface area contributed by atoms with Gasteiger partial charge in [-0.25, -0.2) is 8.78 Å². The Balaban J connectivity index is 2.15. The highest BCUT2D eigenvalue weighted by atomic mass is 19.1. The molecular weight excluding hydrogens is 234 g/mol. The van der Waals surface area contributed by atoms with Crippen molar-refractivity contribution in [2.24, 2.45) is 0 Å². The van der Waals surface area contributed by atoms with Crippen molar-refractivity contribution < 1.29 is 8.78 Å². The number of aryl methyl sites for hydroxylation is 1. The number of aromatic nitrogens is 1. The van der Waals surface area contributed by atoms with Crippen LogP contribution in [0.25, 0.3) is 0 Å². The Kier molecular flexibility index (Phi) is 3.55. The standard InChI is InChI=1S/C14H14F2N2/c1-9-3-5-14(12(16)7-9)18-10(2)13-6-4-11(15)8-17-13/h3-8,10,18H,1-2H3. The maximum Gasteiger partial charge on any atom is 0.146 e. The van der Waals surface area contributed by atoms with E-state index in [4.69, 9.17) is 0 Å². The van der Waals surface area contributed by atoms with E-state index < -0.39 is 0 Å². The summed E-state index contributed by atoms with van der Waals surface area (Å²) in [7, 11) is 0. The van der Waals surface area contributed by atoms with Crippen LogP contribution in [0.2, 0.25) is 0 Å². The normalized spacial score (nSPS) is 12.2. The zero-order valence-electron chi connectivity index (χ0n) is 10.2. The van der Waals surface area contributed by atoms with E-state index in [9.17, 15) is 8.78 Å². The number of pyridine rings is 1. The van der Waals surface area contributed by atoms with Gasteiger partial charge < -0.3 is 5.32 Å². The van der Waals surface area contributed by atoms with E-state index in [1.54, 1.807) is 12.1 Å². The zero-order chi connectivity index (χ0) is 13.1. The second-order valence-corrected chi connectivity index (χ2v) is 4.25. The lowest BCUT2D eigenvalue weighted by atomic mass is 10.1. The molecule has 1 unspecified atom stereocenters. The van der Waals surface area contributed by atoms with Crippen LogP contribution in [0.15, 0.2) is 36.5 Å². The van der Waals surface area contributed by atoms with Crippen LogP contribution in [0.4, 0.5) is 14.5 Å². The van der Waals surface area contributed by atoms with Crippen molar-refractivity contribution in [3.63, 3.8) is 0 Å². The van der Waals surface area contributed by atoms with Crippen molar-refractivity contribution >= 4 is 5.69 Å². The van der Waals surface area contributed by atoms with Gasteiger partial charge in [0, 0.05) is 0 Å². The molecule has 4 heteroatoms. The lowest BCUT2D eigenvalue weighted by Crippen LogP contribution is -2.09. The number of hydrogen-bond donors (Lipinski definition) is 1. The molecule has 2 rings (SSSR count). The topological polar surface area (TPSA) is 24.9 Å². The van der Waals surface area contributed by atoms with Gasteiger partial charge in [-0.1, -0.05) is 6.07 Å². The fourth-order valence-corrected chi connectivity index (χ4v) is 1.69. The van der Waals surface area contributed by atoms with E-state index in [2.05, 4.69) is 10.3 Å². The number of benzene rings is 1. The van der Waals surface area contributed by atoms with Gasteiger partial charge in [0.25, 0.3) is 0 Å². The Morgan fingerprint density at radius 1 is 1.17 bits per heavy atom. The highest BCUT2D eigenvalue weighted by Gasteiger charge is 2.09. The molecule has 2 nitrogen and oxygen atoms in total. The molecule has 18 heavy (non-hydrogen) atoms. The summed E-state index contributed by atoms with van der Waals surface area (Å²) in [5, 5.41) is 3.01. The highest BCUT2D eigenvalue weighted by molar-refractivity contribution is 5.47. The van der Waals surface area contributed by atoms with E-state index in [0.29, 0.717) is 11.4 Å². The molecular formula is C14H14F2N2. The number of rotatable bonds is 3. The van der Waals surface area contributed by atoms with Crippen LogP contribution in [0.1, 0.15) is 24.2 Å². The van der Waals surface area contributed by atoms with Crippen molar-refractivity contribution in [3.05, 3.63) is 59.4 Å². The summed E-state index contributed by atoms with van der Waals surface area (Å²) >= 11 is 0. The van der Waals surface area contributed by atoms with Crippen LogP contribution in [-0.2, 0) is 0 Å². The molecule has 0 amide bonds. The van der Waals surface area contributed by atoms with Crippen LogP contribution in [-0.4, -0.2) is 4.98 Å². The first-order valence-electron chi connectivity index (χ1n) is 5.70. The van der Waals surface area contributed by atoms with E-state index in [0.717, 1.165) is 11.8 Å². The van der Waals surface area contributed by atoms with E-state index in [1.165, 1.54) is 12.1 Å². The second kappa shape index (κ2) is 5.12. The summed E-state index contributed by atoms with van der Waals surface area (Å²) < 4.78 is 26.4. The quantitative estimate of drug-likeness (QED) is 0.892. The first-order valence-corrected chi connectivity index (χ1v) is 5.70. The van der Waals surface area contributed by atoms with Gasteiger partial charge in [0.2, 0.25) is 0 Å². The number of hydrogen-bond acceptors (Lipinski definition) is 2. The molecule has 1 N–H and O–H groups in total. The van der Waals surface area contributed by atoms with Gasteiger partial charge in [-0.05, 0) is 43.7 Å². The predicted octanol–water partition coefficient (Wildman–Crippen LogP) is 3.84. The SMILES string of the molecule is Cc1ccc(NC(C)c2ccc(F)cn2)c(F)c1. The van der Waals surface area contributed by atoms with Gasteiger partial charge in [-0.3, -0.25) is 4.98 Å². The Hall–Kier alpha value is -1.97. The number of anilines is 1. The van der Waals surface area contributed by atoms with Gasteiger partial charge in [0.1, 0.15) is 11.6 Å². The Morgan fingerprint density at radius 3 is 2.56 bits per heavy atom. The monoisotopic (exact) mass is 248 g/mol. The molecule has 0 bridgehead atoms. The zero-order valence-corrected chi connectivity index (χ0v) is 10.2. The second-order valence-electron chi connectivity index (χ2n) is 4.25. The van der Waals surface area contributed by atoms with Crippen LogP contribution in [0, 0.1) is 18.6 Å². The van der Waals surface area contributed by atoms with Gasteiger partial charge in [0.15, 0.2) is 0 Å². The first-order chi connectivity index (χ1) is 8.56. The van der Waals surface area contributed by atoms with Crippen molar-refractivity contribution in [2.45, 2.75) is 19.9 Å². The highest BCUT2D eigenvalue weighted by Crippen LogP contribution is 2.21.